The molecule has 0 amide bonds. The lowest BCUT2D eigenvalue weighted by Crippen LogP contribution is -1.91. The van der Waals surface area contributed by atoms with Crippen molar-refractivity contribution >= 4 is 16.9 Å². The zero-order chi connectivity index (χ0) is 7.40. The highest BCUT2D eigenvalue weighted by atomic mass is 32.2. The largest absolute Gasteiger partial charge is 0.282 e. The summed E-state index contributed by atoms with van der Waals surface area (Å²) in [4.78, 5) is 14.8. The number of nitrogens with zero attached hydrogens (tertiary/aromatic N) is 1. The van der Waals surface area contributed by atoms with Crippen molar-refractivity contribution in [3.63, 3.8) is 0 Å². The molecule has 0 bridgehead atoms. The zero-order valence-electron chi connectivity index (χ0n) is 5.57. The molecular weight excluding hydrogens is 146 g/mol. The molecule has 0 aliphatic rings. The second kappa shape index (κ2) is 3.37. The second-order valence-electron chi connectivity index (χ2n) is 1.73. The van der Waals surface area contributed by atoms with Crippen molar-refractivity contribution < 1.29 is 4.79 Å². The van der Waals surface area contributed by atoms with Crippen molar-refractivity contribution in [3.05, 3.63) is 30.1 Å². The number of hydrogen-bond donors (Lipinski definition) is 0. The Labute approximate surface area is 63.7 Å². The molecule has 1 aromatic rings. The van der Waals surface area contributed by atoms with Crippen molar-refractivity contribution in [3.8, 4) is 0 Å². The van der Waals surface area contributed by atoms with Crippen LogP contribution in [0, 0.1) is 0 Å². The Morgan fingerprint density at radius 1 is 1.70 bits per heavy atom. The molecule has 1 aromatic heterocycles. The van der Waals surface area contributed by atoms with E-state index in [9.17, 15) is 4.79 Å². The third-order valence-electron chi connectivity index (χ3n) is 1.08. The van der Waals surface area contributed by atoms with E-state index in [1.54, 1.807) is 30.8 Å². The van der Waals surface area contributed by atoms with Gasteiger partial charge in [-0.3, -0.25) is 9.78 Å². The molecule has 1 heterocycles. The van der Waals surface area contributed by atoms with Gasteiger partial charge in [0.2, 0.25) is 5.12 Å². The second-order valence-corrected chi connectivity index (χ2v) is 2.51. The first-order valence-electron chi connectivity index (χ1n) is 2.83. The lowest BCUT2D eigenvalue weighted by Gasteiger charge is -1.92. The monoisotopic (exact) mass is 153 g/mol. The number of carbonyl (C=O) groups is 1. The van der Waals surface area contributed by atoms with Gasteiger partial charge in [-0.1, -0.05) is 11.8 Å². The molecule has 52 valence electrons. The first-order chi connectivity index (χ1) is 4.84. The summed E-state index contributed by atoms with van der Waals surface area (Å²) in [5, 5.41) is 0.0631. The number of aromatic nitrogens is 1. The van der Waals surface area contributed by atoms with Gasteiger partial charge in [0.05, 0.1) is 0 Å². The van der Waals surface area contributed by atoms with E-state index in [0.717, 1.165) is 0 Å². The standard InChI is InChI=1S/C7H7NOS/c1-10-7(9)6-3-2-4-8-5-6/h2-5H,1H3. The van der Waals surface area contributed by atoms with Gasteiger partial charge in [0.1, 0.15) is 0 Å². The Morgan fingerprint density at radius 2 is 2.50 bits per heavy atom. The predicted octanol–water partition coefficient (Wildman–Crippen LogP) is 1.58. The summed E-state index contributed by atoms with van der Waals surface area (Å²) in [5.41, 5.74) is 0.662. The van der Waals surface area contributed by atoms with Crippen LogP contribution < -0.4 is 0 Å². The summed E-state index contributed by atoms with van der Waals surface area (Å²) >= 11 is 1.20. The average Bonchev–Trinajstić information content (AvgIpc) is 2.05. The van der Waals surface area contributed by atoms with E-state index in [2.05, 4.69) is 4.98 Å². The molecule has 0 radical (unpaired) electrons. The number of pyridine rings is 1. The van der Waals surface area contributed by atoms with E-state index >= 15 is 0 Å². The SMILES string of the molecule is CSC(=O)c1cccnc1. The molecule has 1 rings (SSSR count). The molecule has 2 nitrogen and oxygen atoms in total. The van der Waals surface area contributed by atoms with Crippen LogP contribution in [-0.2, 0) is 0 Å². The van der Waals surface area contributed by atoms with Gasteiger partial charge in [0.15, 0.2) is 0 Å². The summed E-state index contributed by atoms with van der Waals surface area (Å²) in [6, 6.07) is 3.51. The minimum atomic E-state index is 0.0631. The number of carbonyl (C=O) groups excluding carboxylic acids is 1. The van der Waals surface area contributed by atoms with Crippen LogP contribution >= 0.6 is 11.8 Å². The lowest BCUT2D eigenvalue weighted by atomic mass is 10.3. The number of hydrogen-bond acceptors (Lipinski definition) is 3. The number of thioether (sulfide) groups is 1. The fourth-order valence-corrected chi connectivity index (χ4v) is 0.958. The molecule has 0 saturated heterocycles. The smallest absolute Gasteiger partial charge is 0.220 e. The van der Waals surface area contributed by atoms with Crippen LogP contribution in [0.15, 0.2) is 24.5 Å². The molecule has 0 aliphatic heterocycles. The highest BCUT2D eigenvalue weighted by Crippen LogP contribution is 2.06. The number of rotatable bonds is 1. The van der Waals surface area contributed by atoms with Crippen LogP contribution in [0.1, 0.15) is 10.4 Å². The highest BCUT2D eigenvalue weighted by molar-refractivity contribution is 8.13. The van der Waals surface area contributed by atoms with E-state index in [1.807, 2.05) is 0 Å². The summed E-state index contributed by atoms with van der Waals surface area (Å²) < 4.78 is 0. The van der Waals surface area contributed by atoms with E-state index in [1.165, 1.54) is 11.8 Å². The summed E-state index contributed by atoms with van der Waals surface area (Å²) in [7, 11) is 0. The Bertz CT molecular complexity index is 222. The maximum atomic E-state index is 10.9. The molecule has 0 aliphatic carbocycles. The van der Waals surface area contributed by atoms with Crippen LogP contribution in [0.3, 0.4) is 0 Å². The fraction of sp³-hybridized carbons (Fsp3) is 0.143. The lowest BCUT2D eigenvalue weighted by molar-refractivity contribution is 0.108. The Hall–Kier alpha value is -0.830. The average molecular weight is 153 g/mol. The molecule has 0 saturated carbocycles. The molecule has 10 heavy (non-hydrogen) atoms. The van der Waals surface area contributed by atoms with Crippen molar-refractivity contribution in [1.82, 2.24) is 4.98 Å². The summed E-state index contributed by atoms with van der Waals surface area (Å²) in [5.74, 6) is 0. The molecule has 0 unspecified atom stereocenters. The van der Waals surface area contributed by atoms with Crippen LogP contribution in [-0.4, -0.2) is 16.4 Å². The van der Waals surface area contributed by atoms with Gasteiger partial charge in [0.25, 0.3) is 0 Å². The first kappa shape index (κ1) is 7.28. The first-order valence-corrected chi connectivity index (χ1v) is 4.05. The minimum Gasteiger partial charge on any atom is -0.282 e. The highest BCUT2D eigenvalue weighted by Gasteiger charge is 2.00. The van der Waals surface area contributed by atoms with E-state index in [4.69, 9.17) is 0 Å². The molecule has 0 atom stereocenters. The summed E-state index contributed by atoms with van der Waals surface area (Å²) in [6.07, 6.45) is 4.98. The van der Waals surface area contributed by atoms with Crippen molar-refractivity contribution in [2.24, 2.45) is 0 Å². The van der Waals surface area contributed by atoms with E-state index in [0.29, 0.717) is 5.56 Å². The molecule has 0 aromatic carbocycles. The molecule has 0 N–H and O–H groups in total. The maximum absolute atomic E-state index is 10.9. The van der Waals surface area contributed by atoms with Gasteiger partial charge < -0.3 is 0 Å². The molecular formula is C7H7NOS. The van der Waals surface area contributed by atoms with Gasteiger partial charge in [-0.25, -0.2) is 0 Å². The van der Waals surface area contributed by atoms with Crippen molar-refractivity contribution in [2.45, 2.75) is 0 Å². The summed E-state index contributed by atoms with van der Waals surface area (Å²) in [6.45, 7) is 0. The van der Waals surface area contributed by atoms with Crippen molar-refractivity contribution in [1.29, 1.82) is 0 Å². The van der Waals surface area contributed by atoms with Crippen LogP contribution in [0.4, 0.5) is 0 Å². The minimum absolute atomic E-state index is 0.0631. The molecule has 0 spiro atoms. The van der Waals surface area contributed by atoms with Gasteiger partial charge in [-0.15, -0.1) is 0 Å². The Morgan fingerprint density at radius 3 is 3.00 bits per heavy atom. The maximum Gasteiger partial charge on any atom is 0.220 e. The quantitative estimate of drug-likeness (QED) is 0.613. The van der Waals surface area contributed by atoms with E-state index in [-0.39, 0.29) is 5.12 Å². The predicted molar refractivity (Wildman–Crippen MR) is 42.1 cm³/mol. The van der Waals surface area contributed by atoms with Gasteiger partial charge in [-0.2, -0.15) is 0 Å². The third kappa shape index (κ3) is 1.57. The third-order valence-corrected chi connectivity index (χ3v) is 1.69. The van der Waals surface area contributed by atoms with Crippen LogP contribution in [0.5, 0.6) is 0 Å². The normalized spacial score (nSPS) is 9.30. The van der Waals surface area contributed by atoms with E-state index < -0.39 is 0 Å². The van der Waals surface area contributed by atoms with Gasteiger partial charge in [-0.05, 0) is 18.4 Å². The molecule has 3 heteroatoms. The van der Waals surface area contributed by atoms with Crippen molar-refractivity contribution in [2.75, 3.05) is 6.26 Å². The zero-order valence-corrected chi connectivity index (χ0v) is 6.39. The van der Waals surface area contributed by atoms with Gasteiger partial charge in [0, 0.05) is 18.0 Å². The topological polar surface area (TPSA) is 30.0 Å². The van der Waals surface area contributed by atoms with Crippen LogP contribution in [0.2, 0.25) is 0 Å². The Kier molecular flexibility index (Phi) is 2.45. The van der Waals surface area contributed by atoms with Crippen LogP contribution in [0.25, 0.3) is 0 Å². The Balaban J connectivity index is 2.85. The fourth-order valence-electron chi connectivity index (χ4n) is 0.601. The molecule has 0 fully saturated rings. The van der Waals surface area contributed by atoms with Gasteiger partial charge >= 0.3 is 0 Å².